The van der Waals surface area contributed by atoms with Gasteiger partial charge in [-0.15, -0.1) is 0 Å². The number of nitrogens with zero attached hydrogens (tertiary/aromatic N) is 1. The molecule has 0 aromatic carbocycles. The number of aldehydes is 1. The summed E-state index contributed by atoms with van der Waals surface area (Å²) >= 11 is 0. The van der Waals surface area contributed by atoms with Crippen molar-refractivity contribution in [2.75, 3.05) is 6.61 Å². The smallest absolute Gasteiger partial charge is 0.330 e. The van der Waals surface area contributed by atoms with E-state index in [9.17, 15) is 19.5 Å². The van der Waals surface area contributed by atoms with Gasteiger partial charge in [0.1, 0.15) is 12.3 Å². The maximum Gasteiger partial charge on any atom is 0.330 e. The van der Waals surface area contributed by atoms with Gasteiger partial charge in [0.2, 0.25) is 0 Å². The molecule has 0 saturated carbocycles. The third-order valence-electron chi connectivity index (χ3n) is 3.04. The van der Waals surface area contributed by atoms with Crippen LogP contribution >= 0.6 is 0 Å². The largest absolute Gasteiger partial charge is 0.394 e. The molecule has 0 amide bonds. The van der Waals surface area contributed by atoms with Crippen molar-refractivity contribution in [1.82, 2.24) is 9.55 Å². The molecule has 19 heavy (non-hydrogen) atoms. The second-order valence-corrected chi connectivity index (χ2v) is 4.30. The molecule has 3 atom stereocenters. The zero-order chi connectivity index (χ0) is 14.0. The number of carbonyl (C=O) groups excluding carboxylic acids is 1. The molecule has 2 rings (SSSR count). The molecule has 1 aromatic rings. The number of ether oxygens (including phenoxy) is 1. The van der Waals surface area contributed by atoms with Crippen molar-refractivity contribution >= 4 is 6.29 Å². The molecule has 1 aliphatic heterocycles. The normalized spacial score (nSPS) is 24.3. The molecule has 0 aliphatic carbocycles. The molecule has 0 radical (unpaired) electrons. The summed E-state index contributed by atoms with van der Waals surface area (Å²) in [5, 5.41) is 18.4. The van der Waals surface area contributed by atoms with Crippen LogP contribution in [0.25, 0.3) is 0 Å². The highest BCUT2D eigenvalue weighted by Gasteiger charge is 2.27. The second-order valence-electron chi connectivity index (χ2n) is 4.30. The van der Waals surface area contributed by atoms with E-state index in [-0.39, 0.29) is 24.6 Å². The van der Waals surface area contributed by atoms with E-state index in [0.29, 0.717) is 12.8 Å². The number of H-pyrrole nitrogens is 1. The number of hydrogen-bond donors (Lipinski definition) is 3. The molecule has 2 heterocycles. The minimum absolute atomic E-state index is 0.154. The van der Waals surface area contributed by atoms with Gasteiger partial charge in [0.25, 0.3) is 5.56 Å². The van der Waals surface area contributed by atoms with Gasteiger partial charge in [-0.25, -0.2) is 4.79 Å². The van der Waals surface area contributed by atoms with E-state index in [1.807, 2.05) is 4.98 Å². The minimum Gasteiger partial charge on any atom is -0.394 e. The minimum atomic E-state index is -1.59. The van der Waals surface area contributed by atoms with Crippen LogP contribution in [0.3, 0.4) is 0 Å². The molecule has 104 valence electrons. The average Bonchev–Trinajstić information content (AvgIpc) is 2.86. The fourth-order valence-electron chi connectivity index (χ4n) is 2.02. The molecule has 3 N–H and O–H groups in total. The third kappa shape index (κ3) is 2.65. The number of aliphatic hydroxyl groups excluding tert-OH is 2. The topological polar surface area (TPSA) is 122 Å². The highest BCUT2D eigenvalue weighted by atomic mass is 16.5. The van der Waals surface area contributed by atoms with Gasteiger partial charge in [-0.3, -0.25) is 14.3 Å². The summed E-state index contributed by atoms with van der Waals surface area (Å²) in [6, 6.07) is 0. The number of hydrogen-bond acceptors (Lipinski definition) is 6. The molecule has 8 nitrogen and oxygen atoms in total. The number of aromatic amines is 1. The summed E-state index contributed by atoms with van der Waals surface area (Å²) in [6.07, 6.45) is -0.185. The monoisotopic (exact) mass is 270 g/mol. The van der Waals surface area contributed by atoms with Gasteiger partial charge in [-0.05, 0) is 12.8 Å². The highest BCUT2D eigenvalue weighted by molar-refractivity contribution is 5.58. The predicted octanol–water partition coefficient (Wildman–Crippen LogP) is -1.56. The lowest BCUT2D eigenvalue weighted by molar-refractivity contribution is -0.115. The summed E-state index contributed by atoms with van der Waals surface area (Å²) in [4.78, 5) is 35.7. The van der Waals surface area contributed by atoms with Crippen LogP contribution in [0.15, 0.2) is 15.8 Å². The molecule has 8 heteroatoms. The van der Waals surface area contributed by atoms with Crippen molar-refractivity contribution in [1.29, 1.82) is 0 Å². The number of aliphatic hydroxyl groups is 2. The van der Waals surface area contributed by atoms with Crippen LogP contribution in [0.4, 0.5) is 0 Å². The number of aromatic nitrogens is 2. The van der Waals surface area contributed by atoms with Gasteiger partial charge in [0, 0.05) is 6.20 Å². The second kappa shape index (κ2) is 5.47. The Bertz CT molecular complexity index is 577. The van der Waals surface area contributed by atoms with Crippen molar-refractivity contribution in [2.24, 2.45) is 0 Å². The summed E-state index contributed by atoms with van der Waals surface area (Å²) < 4.78 is 6.52. The van der Waals surface area contributed by atoms with E-state index in [0.717, 1.165) is 10.8 Å². The molecular weight excluding hydrogens is 256 g/mol. The van der Waals surface area contributed by atoms with Gasteiger partial charge in [-0.2, -0.15) is 0 Å². The Hall–Kier alpha value is -1.77. The Morgan fingerprint density at radius 3 is 2.84 bits per heavy atom. The maximum absolute atomic E-state index is 11.7. The first-order valence-corrected chi connectivity index (χ1v) is 5.82. The van der Waals surface area contributed by atoms with E-state index in [4.69, 9.17) is 9.84 Å². The molecule has 1 aliphatic rings. The Morgan fingerprint density at radius 2 is 2.26 bits per heavy atom. The first kappa shape index (κ1) is 13.7. The Kier molecular flexibility index (Phi) is 3.93. The van der Waals surface area contributed by atoms with E-state index >= 15 is 0 Å². The van der Waals surface area contributed by atoms with Gasteiger partial charge in [0.15, 0.2) is 6.29 Å². The van der Waals surface area contributed by atoms with E-state index in [1.165, 1.54) is 0 Å². The summed E-state index contributed by atoms with van der Waals surface area (Å²) in [6.45, 7) is -0.154. The fraction of sp³-hybridized carbons (Fsp3) is 0.545. The molecule has 1 saturated heterocycles. The van der Waals surface area contributed by atoms with Crippen LogP contribution in [0, 0.1) is 0 Å². The Labute approximate surface area is 107 Å². The Balaban J connectivity index is 2.38. The average molecular weight is 270 g/mol. The summed E-state index contributed by atoms with van der Waals surface area (Å²) in [5.41, 5.74) is -1.71. The van der Waals surface area contributed by atoms with Crippen molar-refractivity contribution in [3.05, 3.63) is 32.6 Å². The van der Waals surface area contributed by atoms with Gasteiger partial charge in [0.05, 0.1) is 18.3 Å². The zero-order valence-electron chi connectivity index (χ0n) is 9.98. The van der Waals surface area contributed by atoms with Crippen molar-refractivity contribution in [3.8, 4) is 0 Å². The lowest BCUT2D eigenvalue weighted by Gasteiger charge is -2.16. The SMILES string of the molecule is O=CC(O)c1cn(C2CCC(CO)O2)c(=O)[nH]c1=O. The van der Waals surface area contributed by atoms with E-state index in [2.05, 4.69) is 0 Å². The number of rotatable bonds is 4. The third-order valence-corrected chi connectivity index (χ3v) is 3.04. The zero-order valence-corrected chi connectivity index (χ0v) is 9.98. The number of nitrogens with one attached hydrogen (secondary N) is 1. The van der Waals surface area contributed by atoms with Crippen LogP contribution in [0.1, 0.15) is 30.7 Å². The lowest BCUT2D eigenvalue weighted by Crippen LogP contribution is -2.35. The van der Waals surface area contributed by atoms with Crippen molar-refractivity contribution in [3.63, 3.8) is 0 Å². The van der Waals surface area contributed by atoms with Crippen molar-refractivity contribution in [2.45, 2.75) is 31.3 Å². The van der Waals surface area contributed by atoms with Crippen LogP contribution in [0.2, 0.25) is 0 Å². The molecule has 3 unspecified atom stereocenters. The summed E-state index contributed by atoms with van der Waals surface area (Å²) in [7, 11) is 0. The molecule has 0 bridgehead atoms. The first-order valence-electron chi connectivity index (χ1n) is 5.82. The maximum atomic E-state index is 11.7. The molecule has 1 fully saturated rings. The molecule has 0 spiro atoms. The fourth-order valence-corrected chi connectivity index (χ4v) is 2.02. The van der Waals surface area contributed by atoms with Crippen molar-refractivity contribution < 1.29 is 19.7 Å². The van der Waals surface area contributed by atoms with Crippen LogP contribution in [-0.4, -0.2) is 38.8 Å². The quantitative estimate of drug-likeness (QED) is 0.569. The van der Waals surface area contributed by atoms with Gasteiger partial charge < -0.3 is 19.7 Å². The van der Waals surface area contributed by atoms with E-state index < -0.39 is 23.6 Å². The predicted molar refractivity (Wildman–Crippen MR) is 62.6 cm³/mol. The van der Waals surface area contributed by atoms with Crippen LogP contribution in [-0.2, 0) is 9.53 Å². The van der Waals surface area contributed by atoms with Gasteiger partial charge >= 0.3 is 5.69 Å². The summed E-state index contributed by atoms with van der Waals surface area (Å²) in [5.74, 6) is 0. The lowest BCUT2D eigenvalue weighted by atomic mass is 10.2. The molecule has 1 aromatic heterocycles. The molecular formula is C11H14N2O6. The van der Waals surface area contributed by atoms with E-state index in [1.54, 1.807) is 0 Å². The highest BCUT2D eigenvalue weighted by Crippen LogP contribution is 2.26. The standard InChI is InChI=1S/C11H14N2O6/c14-4-6-1-2-9(19-6)13-3-7(8(16)5-15)10(17)12-11(13)18/h3,5-6,8-9,14,16H,1-2,4H2,(H,12,17,18). The van der Waals surface area contributed by atoms with Gasteiger partial charge in [-0.1, -0.05) is 0 Å². The van der Waals surface area contributed by atoms with Crippen LogP contribution < -0.4 is 11.2 Å². The van der Waals surface area contributed by atoms with Crippen LogP contribution in [0.5, 0.6) is 0 Å². The first-order chi connectivity index (χ1) is 9.06. The Morgan fingerprint density at radius 1 is 1.53 bits per heavy atom. The number of carbonyl (C=O) groups is 1.